The Kier molecular flexibility index (Phi) is 9.21. The molecule has 0 amide bonds. The van der Waals surface area contributed by atoms with E-state index in [0.717, 1.165) is 27.9 Å². The van der Waals surface area contributed by atoms with Crippen LogP contribution in [0.5, 0.6) is 0 Å². The quantitative estimate of drug-likeness (QED) is 0.114. The molecule has 0 fully saturated rings. The molecule has 0 spiro atoms. The fourth-order valence-corrected chi connectivity index (χ4v) is 9.95. The lowest BCUT2D eigenvalue weighted by molar-refractivity contribution is 1.06. The van der Waals surface area contributed by atoms with E-state index in [0.29, 0.717) is 18.2 Å². The Balaban J connectivity index is 1.12. The molecule has 0 N–H and O–H groups in total. The molecule has 11 aromatic rings. The van der Waals surface area contributed by atoms with Crippen molar-refractivity contribution in [3.8, 4) is 27.9 Å². The maximum absolute atomic E-state index is 5.03. The lowest BCUT2D eigenvalue weighted by Crippen LogP contribution is -2.06. The fourth-order valence-electron chi connectivity index (χ4n) is 8.69. The van der Waals surface area contributed by atoms with Crippen LogP contribution in [0, 0.1) is 0 Å². The van der Waals surface area contributed by atoms with E-state index in [2.05, 4.69) is 174 Å². The van der Waals surface area contributed by atoms with Gasteiger partial charge in [0.05, 0.1) is 17.6 Å². The predicted octanol–water partition coefficient (Wildman–Crippen LogP) is 14.7. The van der Waals surface area contributed by atoms with E-state index in [1.54, 1.807) is 0 Å². The molecule has 11 rings (SSSR count). The van der Waals surface area contributed by atoms with Crippen molar-refractivity contribution in [1.29, 1.82) is 0 Å². The summed E-state index contributed by atoms with van der Waals surface area (Å²) in [5, 5.41) is 7.55. The van der Waals surface area contributed by atoms with Gasteiger partial charge in [0.1, 0.15) is 0 Å². The number of fused-ring (bicyclic) bond motifs is 10. The molecule has 0 aliphatic heterocycles. The van der Waals surface area contributed by atoms with Crippen LogP contribution in [0.3, 0.4) is 0 Å². The Morgan fingerprint density at radius 3 is 1.72 bits per heavy atom. The Hall–Kier alpha value is -7.73. The van der Waals surface area contributed by atoms with Crippen molar-refractivity contribution in [3.05, 3.63) is 223 Å². The zero-order valence-electron chi connectivity index (χ0n) is 33.2. The van der Waals surface area contributed by atoms with Gasteiger partial charge in [-0.15, -0.1) is 11.3 Å². The van der Waals surface area contributed by atoms with Crippen LogP contribution in [0.1, 0.15) is 16.7 Å². The second-order valence-electron chi connectivity index (χ2n) is 15.2. The molecule has 0 saturated carbocycles. The zero-order valence-corrected chi connectivity index (χ0v) is 34.1. The molecule has 0 radical (unpaired) electrons. The highest BCUT2D eigenvalue weighted by Gasteiger charge is 2.23. The summed E-state index contributed by atoms with van der Waals surface area (Å²) < 4.78 is 5.02. The maximum atomic E-state index is 5.03. The highest BCUT2D eigenvalue weighted by Crippen LogP contribution is 2.49. The first-order valence-corrected chi connectivity index (χ1v) is 21.3. The number of benzene rings is 9. The van der Waals surface area contributed by atoms with E-state index in [1.165, 1.54) is 69.5 Å². The predicted molar refractivity (Wildman–Crippen MR) is 261 cm³/mol. The Labute approximate surface area is 357 Å². The minimum absolute atomic E-state index is 0.507. The van der Waals surface area contributed by atoms with Crippen molar-refractivity contribution in [2.24, 2.45) is 15.0 Å². The molecule has 0 atom stereocenters. The normalized spacial score (nSPS) is 12.3. The molecule has 9 aromatic carbocycles. The summed E-state index contributed by atoms with van der Waals surface area (Å²) in [6.45, 7) is 4.46. The summed E-state index contributed by atoms with van der Waals surface area (Å²) >= 11 is 1.89. The van der Waals surface area contributed by atoms with Gasteiger partial charge in [0.2, 0.25) is 0 Å². The third kappa shape index (κ3) is 6.53. The van der Waals surface area contributed by atoms with Gasteiger partial charge in [-0.3, -0.25) is 4.99 Å². The van der Waals surface area contributed by atoms with E-state index in [9.17, 15) is 0 Å². The van der Waals surface area contributed by atoms with Crippen LogP contribution in [-0.4, -0.2) is 23.0 Å². The number of aromatic nitrogens is 1. The number of aliphatic imine (C=N–C) groups is 3. The van der Waals surface area contributed by atoms with Crippen LogP contribution in [0.2, 0.25) is 0 Å². The first-order chi connectivity index (χ1) is 30.2. The van der Waals surface area contributed by atoms with E-state index in [-0.39, 0.29) is 0 Å². The van der Waals surface area contributed by atoms with Crippen molar-refractivity contribution >= 4 is 82.5 Å². The van der Waals surface area contributed by atoms with Crippen LogP contribution in [0.4, 0.5) is 0 Å². The summed E-state index contributed by atoms with van der Waals surface area (Å²) in [4.78, 5) is 14.4. The average Bonchev–Trinajstić information content (AvgIpc) is 3.89. The van der Waals surface area contributed by atoms with Crippen molar-refractivity contribution in [3.63, 3.8) is 0 Å². The van der Waals surface area contributed by atoms with Gasteiger partial charge in [-0.1, -0.05) is 158 Å². The van der Waals surface area contributed by atoms with Gasteiger partial charge in [-0.2, -0.15) is 0 Å². The number of rotatable bonds is 7. The van der Waals surface area contributed by atoms with Crippen molar-refractivity contribution in [1.82, 2.24) is 4.57 Å². The van der Waals surface area contributed by atoms with Crippen LogP contribution in [0.15, 0.2) is 221 Å². The van der Waals surface area contributed by atoms with Gasteiger partial charge in [0, 0.05) is 53.1 Å². The number of thiophene rings is 1. The first kappa shape index (κ1) is 36.4. The van der Waals surface area contributed by atoms with Crippen molar-refractivity contribution in [2.75, 3.05) is 0 Å². The first-order valence-electron chi connectivity index (χ1n) is 20.5. The smallest absolute Gasteiger partial charge is 0.161 e. The lowest BCUT2D eigenvalue weighted by atomic mass is 9.97. The highest BCUT2D eigenvalue weighted by atomic mass is 32.1. The molecular weight excluding hydrogens is 761 g/mol. The third-order valence-electron chi connectivity index (χ3n) is 11.6. The van der Waals surface area contributed by atoms with Crippen molar-refractivity contribution < 1.29 is 0 Å². The Morgan fingerprint density at radius 2 is 1.05 bits per heavy atom. The molecule has 5 heteroatoms. The van der Waals surface area contributed by atoms with Crippen molar-refractivity contribution in [2.45, 2.75) is 6.54 Å². The molecule has 0 aliphatic carbocycles. The minimum Gasteiger partial charge on any atom is -0.309 e. The summed E-state index contributed by atoms with van der Waals surface area (Å²) in [5.74, 6) is 1.13. The van der Waals surface area contributed by atoms with Crippen LogP contribution < -0.4 is 0 Å². The molecule has 0 saturated heterocycles. The van der Waals surface area contributed by atoms with Gasteiger partial charge in [-0.25, -0.2) is 9.98 Å². The van der Waals surface area contributed by atoms with Gasteiger partial charge < -0.3 is 4.57 Å². The maximum Gasteiger partial charge on any atom is 0.161 e. The van der Waals surface area contributed by atoms with Gasteiger partial charge in [0.25, 0.3) is 0 Å². The summed E-state index contributed by atoms with van der Waals surface area (Å²) in [7, 11) is 0. The largest absolute Gasteiger partial charge is 0.309 e. The minimum atomic E-state index is 0.507. The molecule has 61 heavy (non-hydrogen) atoms. The standard InChI is InChI=1S/C56H38N4S/c1-57-55(59-56(40-22-12-5-13-23-40)58-36-37-16-6-2-7-17-37)41-26-30-44(31-27-41)60-49-32-28-42(38-18-8-3-9-19-38)34-47(49)52-53(60)46-25-15-14-24-45(46)51-48-35-43(39-20-10-4-11-21-39)29-33-50(48)61-54(51)52/h2-35H,1,36H2. The van der Waals surface area contributed by atoms with E-state index in [1.807, 2.05) is 59.9 Å². The third-order valence-corrected chi connectivity index (χ3v) is 12.8. The average molecular weight is 799 g/mol. The Bertz CT molecular complexity index is 3470. The van der Waals surface area contributed by atoms with E-state index in [4.69, 9.17) is 9.98 Å². The monoisotopic (exact) mass is 798 g/mol. The summed E-state index contributed by atoms with van der Waals surface area (Å²) in [6, 6.07) is 73.0. The van der Waals surface area contributed by atoms with Crippen LogP contribution in [0.25, 0.3) is 80.7 Å². The topological polar surface area (TPSA) is 42.0 Å². The molecule has 4 nitrogen and oxygen atoms in total. The second kappa shape index (κ2) is 15.5. The molecule has 0 bridgehead atoms. The van der Waals surface area contributed by atoms with E-state index >= 15 is 0 Å². The summed E-state index contributed by atoms with van der Waals surface area (Å²) in [6.07, 6.45) is 0. The molecule has 2 aromatic heterocycles. The number of nitrogens with zero attached hydrogens (tertiary/aromatic N) is 4. The van der Waals surface area contributed by atoms with Gasteiger partial charge in [-0.05, 0) is 88.5 Å². The van der Waals surface area contributed by atoms with Crippen LogP contribution in [-0.2, 0) is 6.54 Å². The van der Waals surface area contributed by atoms with Gasteiger partial charge >= 0.3 is 0 Å². The van der Waals surface area contributed by atoms with Crippen LogP contribution >= 0.6 is 11.3 Å². The highest BCUT2D eigenvalue weighted by molar-refractivity contribution is 7.27. The number of amidine groups is 2. The SMILES string of the molecule is C=NC(=NC(=NCc1ccccc1)c1ccccc1)c1ccc(-n2c3ccc(-c4ccccc4)cc3c3c4sc5ccc(-c6ccccc6)cc5c4c4ccccc4c32)cc1. The zero-order chi connectivity index (χ0) is 40.7. The lowest BCUT2D eigenvalue weighted by Gasteiger charge is -2.12. The molecule has 2 heterocycles. The van der Waals surface area contributed by atoms with E-state index < -0.39 is 0 Å². The molecule has 288 valence electrons. The Morgan fingerprint density at radius 1 is 0.475 bits per heavy atom. The second-order valence-corrected chi connectivity index (χ2v) is 16.3. The summed E-state index contributed by atoms with van der Waals surface area (Å²) in [5.41, 5.74) is 11.1. The number of hydrogen-bond acceptors (Lipinski definition) is 2. The number of hydrogen-bond donors (Lipinski definition) is 0. The molecular formula is C56H38N4S. The fraction of sp³-hybridized carbons (Fsp3) is 0.0179. The van der Waals surface area contributed by atoms with Gasteiger partial charge in [0.15, 0.2) is 11.7 Å². The molecule has 0 aliphatic rings. The molecule has 0 unspecified atom stereocenters.